The van der Waals surface area contributed by atoms with E-state index in [2.05, 4.69) is 27.0 Å². The molecular weight excluding hydrogens is 570 g/mol. The van der Waals surface area contributed by atoms with Crippen LogP contribution in [-0.2, 0) is 11.4 Å². The number of halogens is 1. The lowest BCUT2D eigenvalue weighted by Crippen LogP contribution is -2.28. The maximum Gasteiger partial charge on any atom is 0.335 e. The first-order valence-corrected chi connectivity index (χ1v) is 13.1. The minimum absolute atomic E-state index is 0.120. The van der Waals surface area contributed by atoms with Gasteiger partial charge in [-0.25, -0.2) is 9.79 Å². The molecule has 4 rings (SSSR count). The van der Waals surface area contributed by atoms with Gasteiger partial charge in [-0.05, 0) is 66.7 Å². The molecule has 10 heteroatoms. The number of methoxy groups -OCH3 is 1. The predicted octanol–water partition coefficient (Wildman–Crippen LogP) is 6.23. The fourth-order valence-corrected chi connectivity index (χ4v) is 5.17. The second-order valence-corrected chi connectivity index (χ2v) is 9.86. The zero-order chi connectivity index (χ0) is 27.2. The number of carboxylic acid groups (broad SMARTS) is 1. The molecule has 0 bridgehead atoms. The predicted molar refractivity (Wildman–Crippen MR) is 150 cm³/mol. The largest absolute Gasteiger partial charge is 0.493 e. The van der Waals surface area contributed by atoms with Gasteiger partial charge in [-0.1, -0.05) is 40.2 Å². The minimum atomic E-state index is -1.05. The van der Waals surface area contributed by atoms with Crippen LogP contribution in [0.25, 0.3) is 6.08 Å². The van der Waals surface area contributed by atoms with E-state index >= 15 is 0 Å². The molecule has 1 amide bonds. The van der Waals surface area contributed by atoms with Crippen LogP contribution in [0, 0.1) is 11.3 Å². The number of aromatic carboxylic acids is 1. The highest BCUT2D eigenvalue weighted by atomic mass is 79.9. The van der Waals surface area contributed by atoms with Crippen LogP contribution in [0.2, 0.25) is 0 Å². The molecule has 0 saturated carbocycles. The van der Waals surface area contributed by atoms with Crippen LogP contribution in [0.1, 0.15) is 34.0 Å². The van der Waals surface area contributed by atoms with Crippen molar-refractivity contribution < 1.29 is 24.2 Å². The third-order valence-electron chi connectivity index (χ3n) is 5.61. The number of rotatable bonds is 8. The highest BCUT2D eigenvalue weighted by molar-refractivity contribution is 9.10. The van der Waals surface area contributed by atoms with E-state index in [-0.39, 0.29) is 18.1 Å². The number of hydrogen-bond donors (Lipinski definition) is 1. The summed E-state index contributed by atoms with van der Waals surface area (Å²) in [6.45, 7) is 2.44. The summed E-state index contributed by atoms with van der Waals surface area (Å²) in [6, 6.07) is 19.1. The molecular formula is C28H22BrN3O5S. The van der Waals surface area contributed by atoms with Gasteiger partial charge in [0.25, 0.3) is 5.91 Å². The van der Waals surface area contributed by atoms with E-state index in [9.17, 15) is 20.0 Å². The van der Waals surface area contributed by atoms with Gasteiger partial charge in [0.15, 0.2) is 16.7 Å². The van der Waals surface area contributed by atoms with E-state index in [0.717, 1.165) is 5.56 Å². The Kier molecular flexibility index (Phi) is 8.51. The average Bonchev–Trinajstić information content (AvgIpc) is 3.21. The molecule has 8 nitrogen and oxygen atoms in total. The highest BCUT2D eigenvalue weighted by Crippen LogP contribution is 2.39. The number of ether oxygens (including phenoxy) is 2. The number of aliphatic imine (C=N–C) groups is 1. The van der Waals surface area contributed by atoms with E-state index in [4.69, 9.17) is 9.47 Å². The third kappa shape index (κ3) is 5.90. The van der Waals surface area contributed by atoms with Gasteiger partial charge in [0.2, 0.25) is 0 Å². The number of nitriles is 1. The molecule has 3 aromatic carbocycles. The summed E-state index contributed by atoms with van der Waals surface area (Å²) >= 11 is 4.77. The molecule has 1 heterocycles. The Morgan fingerprint density at radius 2 is 1.97 bits per heavy atom. The van der Waals surface area contributed by atoms with E-state index in [1.165, 1.54) is 31.0 Å². The van der Waals surface area contributed by atoms with E-state index in [1.54, 1.807) is 47.4 Å². The number of likely N-dealkylation sites (N-methyl/N-ethyl adjacent to an activating group) is 1. The Morgan fingerprint density at radius 3 is 2.68 bits per heavy atom. The number of carbonyl (C=O) groups is 2. The molecule has 0 unspecified atom stereocenters. The minimum Gasteiger partial charge on any atom is -0.493 e. The standard InChI is InChI=1S/C28H22BrN3O5S/c1-3-32-26(33)25(38-28(32)31-21-10-6-9-17(11-21)27(34)35)13-20-12-23(36-2)24(14-22(20)29)37-16-19-8-5-4-7-18(19)15-30/h4-14H,3,16H2,1-2H3,(H,34,35). The lowest BCUT2D eigenvalue weighted by Gasteiger charge is -2.14. The van der Waals surface area contributed by atoms with Gasteiger partial charge in [0.1, 0.15) is 6.61 Å². The molecule has 1 aliphatic rings. The molecule has 1 N–H and O–H groups in total. The molecule has 0 spiro atoms. The quantitative estimate of drug-likeness (QED) is 0.309. The Hall–Kier alpha value is -4.07. The van der Waals surface area contributed by atoms with Gasteiger partial charge in [0, 0.05) is 16.6 Å². The summed E-state index contributed by atoms with van der Waals surface area (Å²) in [5, 5.41) is 19.0. The van der Waals surface area contributed by atoms with Gasteiger partial charge in [-0.3, -0.25) is 9.69 Å². The van der Waals surface area contributed by atoms with Crippen molar-refractivity contribution in [3.05, 3.63) is 92.3 Å². The van der Waals surface area contributed by atoms with Crippen molar-refractivity contribution in [2.45, 2.75) is 13.5 Å². The zero-order valence-corrected chi connectivity index (χ0v) is 22.9. The molecule has 0 aromatic heterocycles. The number of amidine groups is 1. The van der Waals surface area contributed by atoms with Crippen molar-refractivity contribution in [1.29, 1.82) is 5.26 Å². The molecule has 0 aliphatic carbocycles. The molecule has 3 aromatic rings. The maximum absolute atomic E-state index is 13.1. The van der Waals surface area contributed by atoms with E-state index in [0.29, 0.717) is 49.4 Å². The summed E-state index contributed by atoms with van der Waals surface area (Å²) < 4.78 is 12.2. The first-order chi connectivity index (χ1) is 18.3. The fraction of sp³-hybridized carbons (Fsp3) is 0.143. The van der Waals surface area contributed by atoms with Crippen molar-refractivity contribution in [2.75, 3.05) is 13.7 Å². The third-order valence-corrected chi connectivity index (χ3v) is 7.31. The summed E-state index contributed by atoms with van der Waals surface area (Å²) in [5.74, 6) is -0.298. The van der Waals surface area contributed by atoms with Gasteiger partial charge in [0.05, 0.1) is 34.9 Å². The van der Waals surface area contributed by atoms with E-state index in [1.807, 2.05) is 19.1 Å². The normalized spacial score (nSPS) is 15.1. The SMILES string of the molecule is CCN1C(=O)C(=Cc2cc(OC)c(OCc3ccccc3C#N)cc2Br)SC1=Nc1cccc(C(=O)O)c1. The van der Waals surface area contributed by atoms with Crippen molar-refractivity contribution in [3.8, 4) is 17.6 Å². The smallest absolute Gasteiger partial charge is 0.335 e. The van der Waals surface area contributed by atoms with Crippen molar-refractivity contribution >= 4 is 56.5 Å². The molecule has 1 saturated heterocycles. The van der Waals surface area contributed by atoms with Gasteiger partial charge in [-0.15, -0.1) is 0 Å². The first-order valence-electron chi connectivity index (χ1n) is 11.5. The van der Waals surface area contributed by atoms with Gasteiger partial charge >= 0.3 is 5.97 Å². The number of amides is 1. The number of carboxylic acids is 1. The van der Waals surface area contributed by atoms with Gasteiger partial charge in [-0.2, -0.15) is 5.26 Å². The van der Waals surface area contributed by atoms with Crippen LogP contribution in [0.5, 0.6) is 11.5 Å². The molecule has 1 fully saturated rings. The molecule has 192 valence electrons. The number of carbonyl (C=O) groups excluding carboxylic acids is 1. The lowest BCUT2D eigenvalue weighted by atomic mass is 10.1. The molecule has 1 aliphatic heterocycles. The van der Waals surface area contributed by atoms with Crippen molar-refractivity contribution in [2.24, 2.45) is 4.99 Å². The van der Waals surface area contributed by atoms with E-state index < -0.39 is 5.97 Å². The summed E-state index contributed by atoms with van der Waals surface area (Å²) in [6.07, 6.45) is 1.74. The Labute approximate surface area is 232 Å². The van der Waals surface area contributed by atoms with Crippen LogP contribution < -0.4 is 9.47 Å². The molecule has 0 radical (unpaired) electrons. The number of benzene rings is 3. The van der Waals surface area contributed by atoms with Gasteiger partial charge < -0.3 is 14.6 Å². The second-order valence-electron chi connectivity index (χ2n) is 7.99. The number of nitrogens with zero attached hydrogens (tertiary/aromatic N) is 3. The Morgan fingerprint density at radius 1 is 1.18 bits per heavy atom. The van der Waals surface area contributed by atoms with Crippen LogP contribution in [0.15, 0.2) is 75.0 Å². The molecule has 38 heavy (non-hydrogen) atoms. The summed E-state index contributed by atoms with van der Waals surface area (Å²) in [4.78, 5) is 31.0. The van der Waals surface area contributed by atoms with Crippen LogP contribution >= 0.6 is 27.7 Å². The zero-order valence-electron chi connectivity index (χ0n) is 20.5. The Balaban J connectivity index is 1.61. The van der Waals surface area contributed by atoms with Crippen LogP contribution in [-0.4, -0.2) is 40.7 Å². The van der Waals surface area contributed by atoms with Crippen LogP contribution in [0.3, 0.4) is 0 Å². The number of thioether (sulfide) groups is 1. The number of hydrogen-bond acceptors (Lipinski definition) is 7. The topological polar surface area (TPSA) is 112 Å². The summed E-state index contributed by atoms with van der Waals surface area (Å²) in [7, 11) is 1.53. The van der Waals surface area contributed by atoms with Crippen LogP contribution in [0.4, 0.5) is 5.69 Å². The fourth-order valence-electron chi connectivity index (χ4n) is 3.67. The lowest BCUT2D eigenvalue weighted by molar-refractivity contribution is -0.122. The first kappa shape index (κ1) is 27.0. The average molecular weight is 592 g/mol. The van der Waals surface area contributed by atoms with Crippen molar-refractivity contribution in [1.82, 2.24) is 4.90 Å². The van der Waals surface area contributed by atoms with Crippen molar-refractivity contribution in [3.63, 3.8) is 0 Å². The second kappa shape index (κ2) is 12.0. The summed E-state index contributed by atoms with van der Waals surface area (Å²) in [5.41, 5.74) is 2.56. The molecule has 0 atom stereocenters. The highest BCUT2D eigenvalue weighted by Gasteiger charge is 2.32. The maximum atomic E-state index is 13.1. The Bertz CT molecular complexity index is 1510. The monoisotopic (exact) mass is 591 g/mol.